The fourth-order valence-corrected chi connectivity index (χ4v) is 2.59. The highest BCUT2D eigenvalue weighted by atomic mass is 16.5. The van der Waals surface area contributed by atoms with Crippen molar-refractivity contribution in [1.29, 1.82) is 0 Å². The maximum Gasteiger partial charge on any atom is 0.226 e. The van der Waals surface area contributed by atoms with Crippen molar-refractivity contribution in [3.63, 3.8) is 0 Å². The average Bonchev–Trinajstić information content (AvgIpc) is 2.88. The summed E-state index contributed by atoms with van der Waals surface area (Å²) in [6, 6.07) is 0. The lowest BCUT2D eigenvalue weighted by Gasteiger charge is -2.30. The van der Waals surface area contributed by atoms with Crippen LogP contribution in [0.5, 0.6) is 0 Å². The molecule has 0 aliphatic heterocycles. The fraction of sp³-hybridized carbons (Fsp3) is 0.875. The van der Waals surface area contributed by atoms with Gasteiger partial charge in [0, 0.05) is 13.0 Å². The Kier molecular flexibility index (Phi) is 7.32. The Hall–Kier alpha value is -0.940. The van der Waals surface area contributed by atoms with Crippen molar-refractivity contribution in [2.45, 2.75) is 66.4 Å². The highest BCUT2D eigenvalue weighted by Crippen LogP contribution is 2.32. The number of rotatable bonds is 9. The molecule has 0 aromatic carbocycles. The predicted octanol–water partition coefficient (Wildman–Crippen LogP) is 3.50. The first-order valence-corrected chi connectivity index (χ1v) is 8.06. The van der Waals surface area contributed by atoms with E-state index >= 15 is 0 Å². The SMILES string of the molecule is CCOC(CC)c1noc(CCC(CCN)C(C)(C)C)n1. The van der Waals surface area contributed by atoms with Crippen LogP contribution in [0, 0.1) is 11.3 Å². The molecule has 0 amide bonds. The van der Waals surface area contributed by atoms with Crippen molar-refractivity contribution in [2.24, 2.45) is 17.1 Å². The molecule has 122 valence electrons. The van der Waals surface area contributed by atoms with E-state index in [1.54, 1.807) is 0 Å². The molecular formula is C16H31N3O2. The number of hydrogen-bond acceptors (Lipinski definition) is 5. The molecule has 5 nitrogen and oxygen atoms in total. The molecule has 2 unspecified atom stereocenters. The molecule has 0 spiro atoms. The Bertz CT molecular complexity index is 398. The third kappa shape index (κ3) is 5.75. The monoisotopic (exact) mass is 297 g/mol. The summed E-state index contributed by atoms with van der Waals surface area (Å²) in [5.74, 6) is 1.93. The van der Waals surface area contributed by atoms with Crippen molar-refractivity contribution in [1.82, 2.24) is 10.1 Å². The van der Waals surface area contributed by atoms with Crippen LogP contribution in [0.3, 0.4) is 0 Å². The molecule has 0 radical (unpaired) electrons. The Morgan fingerprint density at radius 3 is 2.48 bits per heavy atom. The van der Waals surface area contributed by atoms with E-state index in [0.717, 1.165) is 32.2 Å². The van der Waals surface area contributed by atoms with Crippen molar-refractivity contribution < 1.29 is 9.26 Å². The van der Waals surface area contributed by atoms with Gasteiger partial charge >= 0.3 is 0 Å². The molecule has 1 rings (SSSR count). The molecule has 0 saturated carbocycles. The molecule has 0 saturated heterocycles. The van der Waals surface area contributed by atoms with Gasteiger partial charge in [-0.05, 0) is 44.1 Å². The number of nitrogens with two attached hydrogens (primary N) is 1. The third-order valence-corrected chi connectivity index (χ3v) is 3.96. The van der Waals surface area contributed by atoms with Crippen LogP contribution in [0.15, 0.2) is 4.52 Å². The van der Waals surface area contributed by atoms with Gasteiger partial charge in [-0.2, -0.15) is 4.98 Å². The minimum atomic E-state index is -0.0602. The van der Waals surface area contributed by atoms with Gasteiger partial charge in [0.1, 0.15) is 6.10 Å². The lowest BCUT2D eigenvalue weighted by Crippen LogP contribution is -2.24. The summed E-state index contributed by atoms with van der Waals surface area (Å²) in [5, 5.41) is 4.06. The van der Waals surface area contributed by atoms with Gasteiger partial charge in [-0.1, -0.05) is 32.9 Å². The Morgan fingerprint density at radius 1 is 1.24 bits per heavy atom. The molecule has 0 aliphatic carbocycles. The quantitative estimate of drug-likeness (QED) is 0.755. The third-order valence-electron chi connectivity index (χ3n) is 3.96. The smallest absolute Gasteiger partial charge is 0.226 e. The average molecular weight is 297 g/mol. The van der Waals surface area contributed by atoms with Crippen LogP contribution in [0.4, 0.5) is 0 Å². The van der Waals surface area contributed by atoms with E-state index in [0.29, 0.717) is 24.2 Å². The zero-order valence-electron chi connectivity index (χ0n) is 14.2. The van der Waals surface area contributed by atoms with Crippen molar-refractivity contribution in [3.05, 3.63) is 11.7 Å². The summed E-state index contributed by atoms with van der Waals surface area (Å²) < 4.78 is 11.0. The molecule has 21 heavy (non-hydrogen) atoms. The molecule has 1 aromatic rings. The summed E-state index contributed by atoms with van der Waals surface area (Å²) in [6.07, 6.45) is 3.65. The normalized spacial score (nSPS) is 15.1. The number of nitrogens with zero attached hydrogens (tertiary/aromatic N) is 2. The van der Waals surface area contributed by atoms with Gasteiger partial charge in [-0.15, -0.1) is 0 Å². The lowest BCUT2D eigenvalue weighted by atomic mass is 9.76. The first kappa shape index (κ1) is 18.1. The second-order valence-corrected chi connectivity index (χ2v) is 6.58. The summed E-state index contributed by atoms with van der Waals surface area (Å²) in [5.41, 5.74) is 5.97. The number of hydrogen-bond donors (Lipinski definition) is 1. The van der Waals surface area contributed by atoms with E-state index in [9.17, 15) is 0 Å². The highest BCUT2D eigenvalue weighted by Gasteiger charge is 2.25. The minimum absolute atomic E-state index is 0.0602. The number of aryl methyl sites for hydroxylation is 1. The van der Waals surface area contributed by atoms with Gasteiger partial charge in [0.05, 0.1) is 0 Å². The maximum atomic E-state index is 5.72. The second kappa shape index (κ2) is 8.49. The summed E-state index contributed by atoms with van der Waals surface area (Å²) in [7, 11) is 0. The van der Waals surface area contributed by atoms with Gasteiger partial charge in [-0.3, -0.25) is 0 Å². The van der Waals surface area contributed by atoms with Crippen LogP contribution < -0.4 is 5.73 Å². The molecule has 0 fully saturated rings. The van der Waals surface area contributed by atoms with Crippen molar-refractivity contribution in [3.8, 4) is 0 Å². The first-order valence-electron chi connectivity index (χ1n) is 8.06. The summed E-state index contributed by atoms with van der Waals surface area (Å²) in [4.78, 5) is 4.48. The van der Waals surface area contributed by atoms with Gasteiger partial charge in [0.15, 0.2) is 0 Å². The van der Waals surface area contributed by atoms with Crippen LogP contribution in [0.1, 0.15) is 71.7 Å². The maximum absolute atomic E-state index is 5.72. The van der Waals surface area contributed by atoms with Gasteiger partial charge in [0.25, 0.3) is 0 Å². The van der Waals surface area contributed by atoms with E-state index in [1.165, 1.54) is 0 Å². The van der Waals surface area contributed by atoms with Crippen LogP contribution in [0.25, 0.3) is 0 Å². The predicted molar refractivity (Wildman–Crippen MR) is 83.9 cm³/mol. The Morgan fingerprint density at radius 2 is 1.95 bits per heavy atom. The largest absolute Gasteiger partial charge is 0.370 e. The van der Waals surface area contributed by atoms with Crippen LogP contribution in [0.2, 0.25) is 0 Å². The van der Waals surface area contributed by atoms with Gasteiger partial charge in [-0.25, -0.2) is 0 Å². The molecule has 1 aromatic heterocycles. The number of ether oxygens (including phenoxy) is 1. The second-order valence-electron chi connectivity index (χ2n) is 6.58. The van der Waals surface area contributed by atoms with Crippen LogP contribution in [-0.4, -0.2) is 23.3 Å². The van der Waals surface area contributed by atoms with E-state index in [1.807, 2.05) is 6.92 Å². The van der Waals surface area contributed by atoms with Gasteiger partial charge < -0.3 is 15.0 Å². The van der Waals surface area contributed by atoms with Crippen LogP contribution in [-0.2, 0) is 11.2 Å². The van der Waals surface area contributed by atoms with E-state index in [-0.39, 0.29) is 11.5 Å². The zero-order valence-corrected chi connectivity index (χ0v) is 14.2. The van der Waals surface area contributed by atoms with Crippen molar-refractivity contribution in [2.75, 3.05) is 13.2 Å². The standard InChI is InChI=1S/C16H31N3O2/c1-6-13(20-7-2)15-18-14(21-19-15)9-8-12(10-11-17)16(3,4)5/h12-13H,6-11,17H2,1-5H3. The van der Waals surface area contributed by atoms with E-state index in [4.69, 9.17) is 15.0 Å². The Labute approximate surface area is 128 Å². The molecule has 2 atom stereocenters. The summed E-state index contributed by atoms with van der Waals surface area (Å²) >= 11 is 0. The number of aromatic nitrogens is 2. The molecular weight excluding hydrogens is 266 g/mol. The molecule has 0 bridgehead atoms. The fourth-order valence-electron chi connectivity index (χ4n) is 2.59. The molecule has 2 N–H and O–H groups in total. The summed E-state index contributed by atoms with van der Waals surface area (Å²) in [6.45, 7) is 12.2. The van der Waals surface area contributed by atoms with Gasteiger partial charge in [0.2, 0.25) is 11.7 Å². The Balaban J connectivity index is 2.61. The highest BCUT2D eigenvalue weighted by molar-refractivity contribution is 4.92. The van der Waals surface area contributed by atoms with Crippen LogP contribution >= 0.6 is 0 Å². The van der Waals surface area contributed by atoms with Crippen molar-refractivity contribution >= 4 is 0 Å². The lowest BCUT2D eigenvalue weighted by molar-refractivity contribution is 0.0518. The zero-order chi connectivity index (χ0) is 15.9. The minimum Gasteiger partial charge on any atom is -0.370 e. The topological polar surface area (TPSA) is 74.2 Å². The molecule has 0 aliphatic rings. The molecule has 1 heterocycles. The first-order chi connectivity index (χ1) is 9.92. The van der Waals surface area contributed by atoms with E-state index in [2.05, 4.69) is 37.8 Å². The molecule has 5 heteroatoms. The van der Waals surface area contributed by atoms with E-state index < -0.39 is 0 Å².